The van der Waals surface area contributed by atoms with Gasteiger partial charge in [0.25, 0.3) is 21.6 Å². The Morgan fingerprint density at radius 1 is 1.03 bits per heavy atom. The Balaban J connectivity index is 0.886. The van der Waals surface area contributed by atoms with Crippen molar-refractivity contribution in [2.45, 2.75) is 101 Å². The van der Waals surface area contributed by atoms with Gasteiger partial charge in [-0.25, -0.2) is 13.1 Å². The minimum Gasteiger partial charge on any atom is -0.489 e. The van der Waals surface area contributed by atoms with Gasteiger partial charge in [-0.3, -0.25) is 19.8 Å². The fourth-order valence-corrected chi connectivity index (χ4v) is 12.4. The summed E-state index contributed by atoms with van der Waals surface area (Å²) in [6, 6.07) is 20.6. The molecule has 1 amide bonds. The molecule has 1 spiro atoms. The predicted molar refractivity (Wildman–Crippen MR) is 252 cm³/mol. The van der Waals surface area contributed by atoms with Crippen molar-refractivity contribution in [3.8, 4) is 11.6 Å². The highest BCUT2D eigenvalue weighted by molar-refractivity contribution is 7.90. The minimum atomic E-state index is -4.69. The maximum absolute atomic E-state index is 14.6. The number of sulfonamides is 1. The highest BCUT2D eigenvalue weighted by Crippen LogP contribution is 2.54. The first-order chi connectivity index (χ1) is 32.3. The number of piperidine rings is 1. The lowest BCUT2D eigenvalue weighted by Gasteiger charge is -2.56. The van der Waals surface area contributed by atoms with Crippen LogP contribution < -0.4 is 29.3 Å². The van der Waals surface area contributed by atoms with Crippen molar-refractivity contribution >= 4 is 55.4 Å². The molecule has 7 heterocycles. The average molecular weight is 933 g/mol. The van der Waals surface area contributed by atoms with Crippen LogP contribution in [0, 0.1) is 22.5 Å². The van der Waals surface area contributed by atoms with E-state index in [1.165, 1.54) is 42.9 Å². The van der Waals surface area contributed by atoms with Crippen LogP contribution in [0.15, 0.2) is 77.8 Å². The third-order valence-corrected chi connectivity index (χ3v) is 16.2. The minimum absolute atomic E-state index is 0.0168. The molecule has 3 saturated heterocycles. The van der Waals surface area contributed by atoms with E-state index in [9.17, 15) is 23.3 Å². The third kappa shape index (κ3) is 8.00. The van der Waals surface area contributed by atoms with Crippen LogP contribution in [-0.2, 0) is 19.5 Å². The van der Waals surface area contributed by atoms with Crippen LogP contribution >= 0.6 is 0 Å². The van der Waals surface area contributed by atoms with Gasteiger partial charge < -0.3 is 39.0 Å². The smallest absolute Gasteiger partial charge is 0.297 e. The summed E-state index contributed by atoms with van der Waals surface area (Å²) in [5.74, 6) is -0.562. The van der Waals surface area contributed by atoms with Crippen LogP contribution in [0.4, 0.5) is 28.4 Å². The summed E-state index contributed by atoms with van der Waals surface area (Å²) >= 11 is 0. The number of aromatic amines is 1. The van der Waals surface area contributed by atoms with Gasteiger partial charge in [-0.1, -0.05) is 24.3 Å². The van der Waals surface area contributed by atoms with E-state index in [1.54, 1.807) is 12.3 Å². The molecule has 0 radical (unpaired) electrons. The summed E-state index contributed by atoms with van der Waals surface area (Å²) in [6.07, 6.45) is 8.24. The van der Waals surface area contributed by atoms with E-state index >= 15 is 0 Å². The number of carbonyl (C=O) groups excluding carboxylic acids is 1. The number of likely N-dealkylation sites (tertiary alicyclic amines) is 1. The van der Waals surface area contributed by atoms with Gasteiger partial charge >= 0.3 is 0 Å². The SMILES string of the molecule is Cc1ccccc1[C@@H]1CCCN1C1CC2(CCN(c3ccc(C(=O)NS(=O)(=O)c4cc5c(c([N+](=O)[O-])c4)N[C@H](COC(C)C)CO5)c(N4c5cc6cc[nH]c6nc5O[C@@H]5COC[C@H]54)c3)CC2)C1. The maximum Gasteiger partial charge on any atom is 0.297 e. The molecule has 18 heteroatoms. The topological polar surface area (TPSA) is 194 Å². The lowest BCUT2D eigenvalue weighted by molar-refractivity contribution is -0.384. The van der Waals surface area contributed by atoms with Crippen molar-refractivity contribution < 1.29 is 37.1 Å². The molecular formula is C49H56N8O9S. The summed E-state index contributed by atoms with van der Waals surface area (Å²) in [4.78, 5) is 40.9. The van der Waals surface area contributed by atoms with Crippen LogP contribution in [0.25, 0.3) is 11.0 Å². The number of benzene rings is 3. The number of fused-ring (bicyclic) bond motifs is 4. The molecule has 1 aliphatic carbocycles. The average Bonchev–Trinajstić information content (AvgIpc) is 4.10. The molecule has 352 valence electrons. The number of nitro groups is 1. The fourth-order valence-electron chi connectivity index (χ4n) is 11.4. The zero-order valence-electron chi connectivity index (χ0n) is 37.9. The molecule has 17 nitrogen and oxygen atoms in total. The maximum atomic E-state index is 14.6. The van der Waals surface area contributed by atoms with Gasteiger partial charge in [0.05, 0.1) is 59.1 Å². The second kappa shape index (κ2) is 17.0. The molecule has 4 fully saturated rings. The van der Waals surface area contributed by atoms with Crippen LogP contribution in [0.3, 0.4) is 0 Å². The number of ether oxygens (including phenoxy) is 4. The van der Waals surface area contributed by atoms with E-state index in [-0.39, 0.29) is 42.4 Å². The number of nitro benzene ring substituents is 1. The number of hydrogen-bond donors (Lipinski definition) is 3. The number of rotatable bonds is 11. The van der Waals surface area contributed by atoms with E-state index < -0.39 is 43.6 Å². The highest BCUT2D eigenvalue weighted by Gasteiger charge is 2.50. The zero-order valence-corrected chi connectivity index (χ0v) is 38.7. The molecular weight excluding hydrogens is 877 g/mol. The van der Waals surface area contributed by atoms with Crippen molar-refractivity contribution in [2.24, 2.45) is 5.41 Å². The van der Waals surface area contributed by atoms with E-state index in [2.05, 4.69) is 56.0 Å². The Hall–Kier alpha value is -5.95. The van der Waals surface area contributed by atoms with Gasteiger partial charge in [-0.2, -0.15) is 4.98 Å². The van der Waals surface area contributed by atoms with Crippen LogP contribution in [0.2, 0.25) is 0 Å². The first kappa shape index (κ1) is 43.6. The molecule has 1 saturated carbocycles. The first-order valence-corrected chi connectivity index (χ1v) is 24.9. The van der Waals surface area contributed by atoms with Gasteiger partial charge in [0.2, 0.25) is 5.88 Å². The molecule has 6 aliphatic rings. The largest absolute Gasteiger partial charge is 0.489 e. The van der Waals surface area contributed by atoms with Crippen molar-refractivity contribution in [1.29, 1.82) is 0 Å². The van der Waals surface area contributed by atoms with Gasteiger partial charge in [0.1, 0.15) is 24.0 Å². The fraction of sp³-hybridized carbons (Fsp3) is 0.469. The molecule has 5 aliphatic heterocycles. The van der Waals surface area contributed by atoms with Gasteiger partial charge in [-0.15, -0.1) is 0 Å². The van der Waals surface area contributed by atoms with Crippen molar-refractivity contribution in [3.05, 3.63) is 99.7 Å². The number of hydrogen-bond acceptors (Lipinski definition) is 14. The molecule has 2 aromatic heterocycles. The van der Waals surface area contributed by atoms with Crippen molar-refractivity contribution in [1.82, 2.24) is 19.6 Å². The number of aryl methyl sites for hydroxylation is 1. The summed E-state index contributed by atoms with van der Waals surface area (Å²) in [7, 11) is -4.69. The van der Waals surface area contributed by atoms with Gasteiger partial charge in [0.15, 0.2) is 11.4 Å². The van der Waals surface area contributed by atoms with Gasteiger partial charge in [0, 0.05) is 54.6 Å². The number of anilines is 4. The summed E-state index contributed by atoms with van der Waals surface area (Å²) in [5, 5.41) is 16.3. The van der Waals surface area contributed by atoms with Gasteiger partial charge in [-0.05, 0) is 113 Å². The molecule has 3 N–H and O–H groups in total. The van der Waals surface area contributed by atoms with E-state index in [0.29, 0.717) is 53.6 Å². The summed E-state index contributed by atoms with van der Waals surface area (Å²) in [5.41, 5.74) is 5.37. The number of aromatic nitrogens is 2. The number of nitrogens with zero attached hydrogens (tertiary/aromatic N) is 5. The molecule has 5 aromatic rings. The zero-order chi connectivity index (χ0) is 46.2. The number of pyridine rings is 1. The van der Waals surface area contributed by atoms with E-state index in [1.807, 2.05) is 43.0 Å². The Morgan fingerprint density at radius 2 is 1.85 bits per heavy atom. The normalized spacial score (nSPS) is 23.5. The summed E-state index contributed by atoms with van der Waals surface area (Å²) in [6.45, 7) is 9.73. The lowest BCUT2D eigenvalue weighted by Crippen LogP contribution is -2.55. The number of amides is 1. The quantitative estimate of drug-likeness (QED) is 0.0877. The van der Waals surface area contributed by atoms with Crippen molar-refractivity contribution in [2.75, 3.05) is 61.2 Å². The standard InChI is InChI=1S/C49H56N8O9S/c1-29(2)64-25-32-26-65-43-22-35(21-40(57(59)60)45(43)51-32)67(61,62)53-47(58)37-11-10-33(20-39(37)56-41-19-31-12-15-50-46(31)52-48(41)66-44-28-63-27-42(44)56)54-17-13-49(14-18-54)23-34(24-49)55-16-6-9-38(55)36-8-5-4-7-30(36)3/h4-5,7-8,10-12,15,19-22,29,32,34,38,42,44,51H,6,9,13-14,16-18,23-28H2,1-3H3,(H,50,52)(H,53,58)/t32-,38+,42-,44-/m1/s1. The Morgan fingerprint density at radius 3 is 2.64 bits per heavy atom. The van der Waals surface area contributed by atoms with Crippen LogP contribution in [0.5, 0.6) is 11.6 Å². The number of carbonyl (C=O) groups is 1. The Labute approximate surface area is 389 Å². The van der Waals surface area contributed by atoms with Crippen molar-refractivity contribution in [3.63, 3.8) is 0 Å². The summed E-state index contributed by atoms with van der Waals surface area (Å²) < 4.78 is 54.6. The molecule has 67 heavy (non-hydrogen) atoms. The lowest BCUT2D eigenvalue weighted by atomic mass is 9.59. The molecule has 4 atom stereocenters. The number of H-pyrrole nitrogens is 1. The van der Waals surface area contributed by atoms with Crippen LogP contribution in [-0.4, -0.2) is 111 Å². The Bertz CT molecular complexity index is 2860. The molecule has 0 bridgehead atoms. The van der Waals surface area contributed by atoms with E-state index in [0.717, 1.165) is 49.6 Å². The third-order valence-electron chi connectivity index (χ3n) is 14.9. The molecule has 0 unspecified atom stereocenters. The highest BCUT2D eigenvalue weighted by atomic mass is 32.2. The first-order valence-electron chi connectivity index (χ1n) is 23.5. The van der Waals surface area contributed by atoms with E-state index in [4.69, 9.17) is 23.9 Å². The second-order valence-corrected chi connectivity index (χ2v) is 21.1. The Kier molecular flexibility index (Phi) is 11.1. The number of nitrogens with one attached hydrogen (secondary N) is 3. The molecule has 11 rings (SSSR count). The van der Waals surface area contributed by atoms with Crippen LogP contribution in [0.1, 0.15) is 79.9 Å². The monoisotopic (exact) mass is 932 g/mol. The molecule has 3 aromatic carbocycles. The second-order valence-electron chi connectivity index (χ2n) is 19.4. The predicted octanol–water partition coefficient (Wildman–Crippen LogP) is 7.38.